The molecule has 1 aliphatic rings. The molecule has 1 fully saturated rings. The lowest BCUT2D eigenvalue weighted by Gasteiger charge is -2.35. The summed E-state index contributed by atoms with van der Waals surface area (Å²) >= 11 is 0. The molecule has 0 bridgehead atoms. The smallest absolute Gasteiger partial charge is 0.411 e. The third kappa shape index (κ3) is 4.48. The van der Waals surface area contributed by atoms with Crippen molar-refractivity contribution in [2.75, 3.05) is 6.54 Å². The number of carbonyl (C=O) groups is 2. The molecule has 1 aromatic carbocycles. The van der Waals surface area contributed by atoms with Crippen LogP contribution in [0.15, 0.2) is 0 Å². The Morgan fingerprint density at radius 1 is 0.926 bits per heavy atom. The van der Waals surface area contributed by atoms with Gasteiger partial charge in [-0.15, -0.1) is 0 Å². The highest BCUT2D eigenvalue weighted by Crippen LogP contribution is 2.30. The quantitative estimate of drug-likeness (QED) is 0.249. The number of esters is 1. The van der Waals surface area contributed by atoms with Gasteiger partial charge < -0.3 is 9.47 Å². The summed E-state index contributed by atoms with van der Waals surface area (Å²) in [6.07, 6.45) is 0.288. The van der Waals surface area contributed by atoms with Gasteiger partial charge in [-0.25, -0.2) is 22.8 Å². The van der Waals surface area contributed by atoms with Crippen LogP contribution in [0.5, 0.6) is 5.75 Å². The lowest BCUT2D eigenvalue weighted by Crippen LogP contribution is -2.51. The zero-order valence-corrected chi connectivity index (χ0v) is 14.9. The van der Waals surface area contributed by atoms with Gasteiger partial charge in [0.2, 0.25) is 34.8 Å². The van der Waals surface area contributed by atoms with Crippen LogP contribution in [0, 0.1) is 29.1 Å². The Bertz CT molecular complexity index is 734. The molecule has 0 aliphatic carbocycles. The van der Waals surface area contributed by atoms with Crippen molar-refractivity contribution in [1.29, 1.82) is 0 Å². The maximum atomic E-state index is 13.7. The lowest BCUT2D eigenvalue weighted by atomic mass is 10.0. The highest BCUT2D eigenvalue weighted by atomic mass is 19.2. The van der Waals surface area contributed by atoms with E-state index in [1.54, 1.807) is 20.8 Å². The average molecular weight is 395 g/mol. The summed E-state index contributed by atoms with van der Waals surface area (Å²) < 4.78 is 76.6. The van der Waals surface area contributed by atoms with Gasteiger partial charge in [-0.05, 0) is 40.0 Å². The second-order valence-corrected chi connectivity index (χ2v) is 7.01. The summed E-state index contributed by atoms with van der Waals surface area (Å²) in [5, 5.41) is 0. The summed E-state index contributed by atoms with van der Waals surface area (Å²) in [6, 6.07) is -1.27. The molecule has 0 unspecified atom stereocenters. The number of benzene rings is 1. The molecule has 0 aromatic heterocycles. The minimum atomic E-state index is -2.36. The van der Waals surface area contributed by atoms with Crippen LogP contribution < -0.4 is 4.74 Å². The molecule has 0 radical (unpaired) electrons. The minimum absolute atomic E-state index is 0.0907. The number of carbonyl (C=O) groups excluding carboxylic acids is 2. The molecular weight excluding hydrogens is 377 g/mol. The Morgan fingerprint density at radius 3 is 1.96 bits per heavy atom. The van der Waals surface area contributed by atoms with E-state index >= 15 is 0 Å². The lowest BCUT2D eigenvalue weighted by molar-refractivity contribution is -0.142. The van der Waals surface area contributed by atoms with E-state index in [0.717, 1.165) is 4.90 Å². The number of hydrogen-bond donors (Lipinski definition) is 0. The zero-order valence-electron chi connectivity index (χ0n) is 14.9. The van der Waals surface area contributed by atoms with Crippen LogP contribution in [0.3, 0.4) is 0 Å². The van der Waals surface area contributed by atoms with Crippen molar-refractivity contribution < 1.29 is 41.0 Å². The van der Waals surface area contributed by atoms with Gasteiger partial charge in [-0.2, -0.15) is 8.78 Å². The Labute approximate surface area is 152 Å². The van der Waals surface area contributed by atoms with Crippen molar-refractivity contribution in [2.45, 2.75) is 51.7 Å². The summed E-state index contributed by atoms with van der Waals surface area (Å²) in [6.45, 7) is 4.94. The molecule has 1 heterocycles. The van der Waals surface area contributed by atoms with E-state index in [2.05, 4.69) is 4.74 Å². The first-order valence-corrected chi connectivity index (χ1v) is 8.16. The second kappa shape index (κ2) is 7.69. The monoisotopic (exact) mass is 395 g/mol. The molecule has 1 aromatic rings. The van der Waals surface area contributed by atoms with E-state index in [4.69, 9.17) is 4.74 Å². The molecule has 1 atom stereocenters. The average Bonchev–Trinajstić information content (AvgIpc) is 2.60. The minimum Gasteiger partial charge on any atom is -0.444 e. The first-order valence-electron chi connectivity index (χ1n) is 8.16. The van der Waals surface area contributed by atoms with Crippen molar-refractivity contribution in [3.63, 3.8) is 0 Å². The van der Waals surface area contributed by atoms with Gasteiger partial charge in [-0.3, -0.25) is 4.90 Å². The Morgan fingerprint density at radius 2 is 1.44 bits per heavy atom. The highest BCUT2D eigenvalue weighted by molar-refractivity contribution is 5.83. The zero-order chi connectivity index (χ0) is 20.5. The number of halogens is 5. The highest BCUT2D eigenvalue weighted by Gasteiger charge is 2.38. The van der Waals surface area contributed by atoms with E-state index in [1.807, 2.05) is 0 Å². The van der Waals surface area contributed by atoms with Crippen molar-refractivity contribution in [2.24, 2.45) is 0 Å². The molecule has 150 valence electrons. The summed E-state index contributed by atoms with van der Waals surface area (Å²) in [5.74, 6) is -14.4. The molecule has 27 heavy (non-hydrogen) atoms. The number of ether oxygens (including phenoxy) is 2. The maximum Gasteiger partial charge on any atom is 0.411 e. The Hall–Kier alpha value is -2.39. The number of likely N-dealkylation sites (tertiary alicyclic amines) is 1. The number of nitrogens with zero attached hydrogens (tertiary/aromatic N) is 1. The molecule has 1 aliphatic heterocycles. The molecule has 0 N–H and O–H groups in total. The summed E-state index contributed by atoms with van der Waals surface area (Å²) in [7, 11) is 0. The molecule has 0 spiro atoms. The molecule has 1 amide bonds. The maximum absolute atomic E-state index is 13.7. The fraction of sp³-hybridized carbons (Fsp3) is 0.529. The van der Waals surface area contributed by atoms with Crippen LogP contribution in [0.25, 0.3) is 0 Å². The molecule has 10 heteroatoms. The van der Waals surface area contributed by atoms with Gasteiger partial charge in [0.05, 0.1) is 0 Å². The number of rotatable bonds is 2. The first kappa shape index (κ1) is 20.9. The van der Waals surface area contributed by atoms with E-state index in [1.165, 1.54) is 0 Å². The van der Waals surface area contributed by atoms with Gasteiger partial charge >= 0.3 is 12.1 Å². The Balaban J connectivity index is 2.27. The van der Waals surface area contributed by atoms with Gasteiger partial charge in [0.25, 0.3) is 0 Å². The number of hydrogen-bond acceptors (Lipinski definition) is 4. The van der Waals surface area contributed by atoms with Crippen molar-refractivity contribution in [3.8, 4) is 5.75 Å². The van der Waals surface area contributed by atoms with Crippen molar-refractivity contribution in [3.05, 3.63) is 29.1 Å². The predicted molar refractivity (Wildman–Crippen MR) is 82.4 cm³/mol. The Kier molecular flexibility index (Phi) is 5.96. The third-order valence-corrected chi connectivity index (χ3v) is 3.78. The van der Waals surface area contributed by atoms with Crippen LogP contribution >= 0.6 is 0 Å². The third-order valence-electron chi connectivity index (χ3n) is 3.78. The second-order valence-electron chi connectivity index (χ2n) is 7.01. The van der Waals surface area contributed by atoms with Gasteiger partial charge in [0.1, 0.15) is 11.6 Å². The van der Waals surface area contributed by atoms with Crippen molar-refractivity contribution in [1.82, 2.24) is 4.90 Å². The summed E-state index contributed by atoms with van der Waals surface area (Å²) in [4.78, 5) is 25.6. The molecule has 0 saturated carbocycles. The van der Waals surface area contributed by atoms with Crippen molar-refractivity contribution >= 4 is 12.1 Å². The predicted octanol–water partition coefficient (Wildman–Crippen LogP) is 4.08. The standard InChI is InChI=1S/C17H18F5NO4/c1-17(2,3)27-16(25)23-7-5-4-6-8(23)15(24)26-14-12(21)10(19)9(18)11(20)13(14)22/h8H,4-7H2,1-3H3/t8-/m1/s1. The molecule has 2 rings (SSSR count). The van der Waals surface area contributed by atoms with Gasteiger partial charge in [0, 0.05) is 6.54 Å². The largest absolute Gasteiger partial charge is 0.444 e. The van der Waals surface area contributed by atoms with Crippen LogP contribution in [0.4, 0.5) is 26.7 Å². The van der Waals surface area contributed by atoms with Gasteiger partial charge in [0.15, 0.2) is 0 Å². The normalized spacial score (nSPS) is 17.6. The van der Waals surface area contributed by atoms with E-state index in [9.17, 15) is 31.5 Å². The van der Waals surface area contributed by atoms with Gasteiger partial charge in [-0.1, -0.05) is 0 Å². The number of piperidine rings is 1. The van der Waals surface area contributed by atoms with E-state index in [0.29, 0.717) is 12.8 Å². The summed E-state index contributed by atoms with van der Waals surface area (Å²) in [5.41, 5.74) is -0.857. The number of amides is 1. The van der Waals surface area contributed by atoms with E-state index < -0.39 is 58.5 Å². The molecule has 1 saturated heterocycles. The molecular formula is C17H18F5NO4. The topological polar surface area (TPSA) is 55.8 Å². The fourth-order valence-corrected chi connectivity index (χ4v) is 2.56. The fourth-order valence-electron chi connectivity index (χ4n) is 2.56. The van der Waals surface area contributed by atoms with E-state index in [-0.39, 0.29) is 13.0 Å². The van der Waals surface area contributed by atoms with Crippen LogP contribution in [0.1, 0.15) is 40.0 Å². The van der Waals surface area contributed by atoms with Crippen LogP contribution in [-0.2, 0) is 9.53 Å². The van der Waals surface area contributed by atoms with Crippen LogP contribution in [-0.4, -0.2) is 35.2 Å². The SMILES string of the molecule is CC(C)(C)OC(=O)N1CCCC[C@@H]1C(=O)Oc1c(F)c(F)c(F)c(F)c1F. The first-order chi connectivity index (χ1) is 12.4. The van der Waals surface area contributed by atoms with Crippen LogP contribution in [0.2, 0.25) is 0 Å². The molecule has 5 nitrogen and oxygen atoms in total.